The molecule has 1 aromatic rings. The van der Waals surface area contributed by atoms with Gasteiger partial charge in [0.2, 0.25) is 0 Å². The molecule has 1 heterocycles. The number of hydrogen-bond donors (Lipinski definition) is 1. The Kier molecular flexibility index (Phi) is 2.92. The van der Waals surface area contributed by atoms with Crippen molar-refractivity contribution in [2.45, 2.75) is 13.0 Å². The Morgan fingerprint density at radius 1 is 1.73 bits per heavy atom. The maximum absolute atomic E-state index is 8.52. The summed E-state index contributed by atoms with van der Waals surface area (Å²) in [5.74, 6) is 0.753. The van der Waals surface area contributed by atoms with Crippen molar-refractivity contribution < 1.29 is 9.84 Å². The van der Waals surface area contributed by atoms with Crippen LogP contribution in [0, 0.1) is 0 Å². The predicted molar refractivity (Wildman–Crippen MR) is 40.5 cm³/mol. The number of aliphatic hydroxyl groups is 1. The molecule has 0 aromatic carbocycles. The van der Waals surface area contributed by atoms with Crippen molar-refractivity contribution in [3.8, 4) is 5.75 Å². The van der Waals surface area contributed by atoms with Gasteiger partial charge in [-0.05, 0) is 6.42 Å². The zero-order valence-corrected chi connectivity index (χ0v) is 6.53. The molecule has 0 fully saturated rings. The molecule has 11 heavy (non-hydrogen) atoms. The van der Waals surface area contributed by atoms with Crippen molar-refractivity contribution in [2.24, 2.45) is 0 Å². The largest absolute Gasteiger partial charge is 0.493 e. The van der Waals surface area contributed by atoms with Crippen LogP contribution in [0.3, 0.4) is 0 Å². The smallest absolute Gasteiger partial charge is 0.156 e. The molecule has 4 nitrogen and oxygen atoms in total. The number of aromatic nitrogens is 2. The standard InChI is InChI=1S/C7H12N2O2/c1-11-7-5-8-9(6-7)3-2-4-10/h5-6,10H,2-4H2,1H3. The summed E-state index contributed by atoms with van der Waals surface area (Å²) in [7, 11) is 1.60. The summed E-state index contributed by atoms with van der Waals surface area (Å²) in [5.41, 5.74) is 0. The molecule has 1 aromatic heterocycles. The second-order valence-electron chi connectivity index (χ2n) is 2.22. The third-order valence-electron chi connectivity index (χ3n) is 1.39. The first-order valence-electron chi connectivity index (χ1n) is 3.54. The van der Waals surface area contributed by atoms with Crippen molar-refractivity contribution in [3.63, 3.8) is 0 Å². The van der Waals surface area contributed by atoms with E-state index in [-0.39, 0.29) is 6.61 Å². The molecule has 0 aliphatic carbocycles. The minimum absolute atomic E-state index is 0.197. The molecule has 0 aliphatic rings. The van der Waals surface area contributed by atoms with E-state index in [1.165, 1.54) is 0 Å². The van der Waals surface area contributed by atoms with Crippen molar-refractivity contribution in [1.82, 2.24) is 9.78 Å². The van der Waals surface area contributed by atoms with Gasteiger partial charge in [-0.25, -0.2) is 0 Å². The molecular weight excluding hydrogens is 144 g/mol. The Hall–Kier alpha value is -1.03. The summed E-state index contributed by atoms with van der Waals surface area (Å²) in [6, 6.07) is 0. The highest BCUT2D eigenvalue weighted by atomic mass is 16.5. The Labute approximate surface area is 65.4 Å². The first kappa shape index (κ1) is 8.07. The molecule has 1 N–H and O–H groups in total. The van der Waals surface area contributed by atoms with Crippen LogP contribution in [0.2, 0.25) is 0 Å². The van der Waals surface area contributed by atoms with E-state index in [0.29, 0.717) is 0 Å². The third kappa shape index (κ3) is 2.23. The van der Waals surface area contributed by atoms with Crippen LogP contribution in [0.25, 0.3) is 0 Å². The number of rotatable bonds is 4. The Morgan fingerprint density at radius 3 is 3.09 bits per heavy atom. The zero-order chi connectivity index (χ0) is 8.10. The van der Waals surface area contributed by atoms with E-state index in [4.69, 9.17) is 9.84 Å². The molecule has 4 heteroatoms. The quantitative estimate of drug-likeness (QED) is 0.680. The van der Waals surface area contributed by atoms with Crippen LogP contribution in [-0.4, -0.2) is 28.6 Å². The van der Waals surface area contributed by atoms with E-state index in [9.17, 15) is 0 Å². The molecule has 0 saturated heterocycles. The van der Waals surface area contributed by atoms with Gasteiger partial charge in [0.1, 0.15) is 0 Å². The van der Waals surface area contributed by atoms with Gasteiger partial charge in [0, 0.05) is 13.2 Å². The fourth-order valence-corrected chi connectivity index (χ4v) is 0.805. The first-order chi connectivity index (χ1) is 5.36. The monoisotopic (exact) mass is 156 g/mol. The fourth-order valence-electron chi connectivity index (χ4n) is 0.805. The maximum atomic E-state index is 8.52. The number of aryl methyl sites for hydroxylation is 1. The molecule has 0 saturated carbocycles. The summed E-state index contributed by atoms with van der Waals surface area (Å²) in [5, 5.41) is 12.5. The van der Waals surface area contributed by atoms with Gasteiger partial charge in [0.15, 0.2) is 5.75 Å². The average molecular weight is 156 g/mol. The Balaban J connectivity index is 2.44. The first-order valence-corrected chi connectivity index (χ1v) is 3.54. The fraction of sp³-hybridized carbons (Fsp3) is 0.571. The predicted octanol–water partition coefficient (Wildman–Crippen LogP) is 0.274. The van der Waals surface area contributed by atoms with Gasteiger partial charge in [-0.3, -0.25) is 4.68 Å². The van der Waals surface area contributed by atoms with Crippen LogP contribution in [0.5, 0.6) is 5.75 Å². The van der Waals surface area contributed by atoms with Crippen molar-refractivity contribution >= 4 is 0 Å². The average Bonchev–Trinajstić information content (AvgIpc) is 2.48. The Bertz CT molecular complexity index is 210. The minimum atomic E-state index is 0.197. The number of ether oxygens (including phenoxy) is 1. The summed E-state index contributed by atoms with van der Waals surface area (Å²) in [4.78, 5) is 0. The van der Waals surface area contributed by atoms with Gasteiger partial charge >= 0.3 is 0 Å². The van der Waals surface area contributed by atoms with Crippen LogP contribution in [0.15, 0.2) is 12.4 Å². The van der Waals surface area contributed by atoms with E-state index in [1.54, 1.807) is 24.2 Å². The number of methoxy groups -OCH3 is 1. The minimum Gasteiger partial charge on any atom is -0.493 e. The summed E-state index contributed by atoms with van der Waals surface area (Å²) in [6.07, 6.45) is 4.18. The maximum Gasteiger partial charge on any atom is 0.156 e. The molecule has 0 unspecified atom stereocenters. The van der Waals surface area contributed by atoms with Crippen molar-refractivity contribution in [2.75, 3.05) is 13.7 Å². The molecule has 0 spiro atoms. The normalized spacial score (nSPS) is 10.0. The van der Waals surface area contributed by atoms with E-state index in [0.717, 1.165) is 18.7 Å². The Morgan fingerprint density at radius 2 is 2.55 bits per heavy atom. The lowest BCUT2D eigenvalue weighted by molar-refractivity contribution is 0.277. The van der Waals surface area contributed by atoms with Gasteiger partial charge in [0.25, 0.3) is 0 Å². The highest BCUT2D eigenvalue weighted by Crippen LogP contribution is 2.06. The molecule has 0 aliphatic heterocycles. The number of hydrogen-bond acceptors (Lipinski definition) is 3. The van der Waals surface area contributed by atoms with Crippen LogP contribution >= 0.6 is 0 Å². The summed E-state index contributed by atoms with van der Waals surface area (Å²) in [6.45, 7) is 0.933. The van der Waals surface area contributed by atoms with Crippen molar-refractivity contribution in [1.29, 1.82) is 0 Å². The number of nitrogens with zero attached hydrogens (tertiary/aromatic N) is 2. The van der Waals surface area contributed by atoms with Gasteiger partial charge < -0.3 is 9.84 Å². The summed E-state index contributed by atoms with van der Waals surface area (Å²) >= 11 is 0. The van der Waals surface area contributed by atoms with Gasteiger partial charge in [-0.1, -0.05) is 0 Å². The second kappa shape index (κ2) is 3.98. The highest BCUT2D eigenvalue weighted by Gasteiger charge is 1.95. The lowest BCUT2D eigenvalue weighted by Crippen LogP contribution is -1.99. The van der Waals surface area contributed by atoms with E-state index < -0.39 is 0 Å². The lowest BCUT2D eigenvalue weighted by atomic mass is 10.4. The molecular formula is C7H12N2O2. The molecule has 0 bridgehead atoms. The molecule has 1 rings (SSSR count). The van der Waals surface area contributed by atoms with E-state index in [1.807, 2.05) is 0 Å². The zero-order valence-electron chi connectivity index (χ0n) is 6.53. The van der Waals surface area contributed by atoms with Gasteiger partial charge in [0.05, 0.1) is 19.5 Å². The highest BCUT2D eigenvalue weighted by molar-refractivity contribution is 5.10. The SMILES string of the molecule is COc1cnn(CCCO)c1. The van der Waals surface area contributed by atoms with Crippen LogP contribution in [-0.2, 0) is 6.54 Å². The van der Waals surface area contributed by atoms with Crippen LogP contribution < -0.4 is 4.74 Å². The molecule has 62 valence electrons. The number of aliphatic hydroxyl groups excluding tert-OH is 1. The lowest BCUT2D eigenvalue weighted by Gasteiger charge is -1.96. The van der Waals surface area contributed by atoms with Crippen LogP contribution in [0.4, 0.5) is 0 Å². The second-order valence-corrected chi connectivity index (χ2v) is 2.22. The third-order valence-corrected chi connectivity index (χ3v) is 1.39. The molecule has 0 amide bonds. The molecule has 0 radical (unpaired) electrons. The van der Waals surface area contributed by atoms with E-state index >= 15 is 0 Å². The van der Waals surface area contributed by atoms with Gasteiger partial charge in [-0.15, -0.1) is 0 Å². The molecule has 0 atom stereocenters. The topological polar surface area (TPSA) is 47.3 Å². The van der Waals surface area contributed by atoms with E-state index in [2.05, 4.69) is 5.10 Å². The van der Waals surface area contributed by atoms with Crippen LogP contribution in [0.1, 0.15) is 6.42 Å². The van der Waals surface area contributed by atoms with Crippen molar-refractivity contribution in [3.05, 3.63) is 12.4 Å². The van der Waals surface area contributed by atoms with Gasteiger partial charge in [-0.2, -0.15) is 5.10 Å². The summed E-state index contributed by atoms with van der Waals surface area (Å²) < 4.78 is 6.67.